The molecule has 1 unspecified atom stereocenters. The number of hydrogen-bond donors (Lipinski definition) is 2. The van der Waals surface area contributed by atoms with Crippen LogP contribution in [0.3, 0.4) is 0 Å². The maximum atomic E-state index is 11.8. The van der Waals surface area contributed by atoms with Gasteiger partial charge in [0.1, 0.15) is 11.4 Å². The molecular weight excluding hydrogens is 256 g/mol. The molecule has 3 rings (SSSR count). The molecule has 0 bridgehead atoms. The molecule has 0 amide bonds. The first-order chi connectivity index (χ1) is 9.66. The summed E-state index contributed by atoms with van der Waals surface area (Å²) in [6.45, 7) is 0. The van der Waals surface area contributed by atoms with Crippen molar-refractivity contribution in [3.8, 4) is 0 Å². The predicted molar refractivity (Wildman–Crippen MR) is 73.0 cm³/mol. The number of benzene rings is 1. The molecule has 1 heterocycles. The third-order valence-corrected chi connectivity index (χ3v) is 3.75. The molecule has 5 nitrogen and oxygen atoms in total. The second-order valence-corrected chi connectivity index (χ2v) is 4.96. The zero-order valence-corrected chi connectivity index (χ0v) is 10.8. The number of carboxylic acids is 1. The van der Waals surface area contributed by atoms with Gasteiger partial charge in [-0.25, -0.2) is 9.78 Å². The average Bonchev–Trinajstić information content (AvgIpc) is 2.46. The van der Waals surface area contributed by atoms with E-state index < -0.39 is 11.5 Å². The van der Waals surface area contributed by atoms with Crippen LogP contribution in [0.1, 0.15) is 46.1 Å². The standard InChI is InChI=1S/C15H14N2O3/c18-14-12(15(19)20)8-16-13(17-14)11-7-3-5-9-4-1-2-6-10(9)11/h1-2,4,6,8,11H,3,5,7H2,(H,19,20)(H,16,17,18). The van der Waals surface area contributed by atoms with Crippen molar-refractivity contribution in [2.24, 2.45) is 0 Å². The highest BCUT2D eigenvalue weighted by atomic mass is 16.4. The van der Waals surface area contributed by atoms with Crippen molar-refractivity contribution in [3.05, 3.63) is 63.3 Å². The highest BCUT2D eigenvalue weighted by molar-refractivity contribution is 5.86. The number of aromatic nitrogens is 2. The number of nitrogens with zero attached hydrogens (tertiary/aromatic N) is 1. The number of fused-ring (bicyclic) bond motifs is 1. The molecule has 1 aromatic carbocycles. The number of carboxylic acid groups (broad SMARTS) is 1. The van der Waals surface area contributed by atoms with Crippen molar-refractivity contribution < 1.29 is 9.90 Å². The van der Waals surface area contributed by atoms with Crippen LogP contribution in [0.2, 0.25) is 0 Å². The first-order valence-electron chi connectivity index (χ1n) is 6.57. The lowest BCUT2D eigenvalue weighted by atomic mass is 9.82. The van der Waals surface area contributed by atoms with Gasteiger partial charge in [-0.05, 0) is 30.4 Å². The number of nitrogens with one attached hydrogen (secondary N) is 1. The Morgan fingerprint density at radius 3 is 2.90 bits per heavy atom. The minimum absolute atomic E-state index is 0.0375. The summed E-state index contributed by atoms with van der Waals surface area (Å²) in [6, 6.07) is 8.11. The lowest BCUT2D eigenvalue weighted by molar-refractivity contribution is 0.0694. The molecule has 0 saturated carbocycles. The summed E-state index contributed by atoms with van der Waals surface area (Å²) >= 11 is 0. The average molecular weight is 270 g/mol. The van der Waals surface area contributed by atoms with Gasteiger partial charge in [0, 0.05) is 12.1 Å². The summed E-state index contributed by atoms with van der Waals surface area (Å²) in [5.74, 6) is -0.669. The smallest absolute Gasteiger partial charge is 0.342 e. The summed E-state index contributed by atoms with van der Waals surface area (Å²) in [7, 11) is 0. The molecule has 2 N–H and O–H groups in total. The molecule has 1 aliphatic carbocycles. The fourth-order valence-corrected chi connectivity index (χ4v) is 2.78. The van der Waals surface area contributed by atoms with Gasteiger partial charge in [-0.15, -0.1) is 0 Å². The minimum Gasteiger partial charge on any atom is -0.477 e. The van der Waals surface area contributed by atoms with Crippen molar-refractivity contribution in [2.45, 2.75) is 25.2 Å². The highest BCUT2D eigenvalue weighted by Gasteiger charge is 2.24. The normalized spacial score (nSPS) is 17.5. The number of aryl methyl sites for hydroxylation is 1. The van der Waals surface area contributed by atoms with Crippen molar-refractivity contribution in [3.63, 3.8) is 0 Å². The summed E-state index contributed by atoms with van der Waals surface area (Å²) in [4.78, 5) is 29.4. The Bertz CT molecular complexity index is 721. The van der Waals surface area contributed by atoms with Gasteiger partial charge in [0.2, 0.25) is 0 Å². The zero-order valence-electron chi connectivity index (χ0n) is 10.8. The van der Waals surface area contributed by atoms with E-state index in [1.54, 1.807) is 0 Å². The third kappa shape index (κ3) is 2.11. The monoisotopic (exact) mass is 270 g/mol. The van der Waals surface area contributed by atoms with Gasteiger partial charge in [0.15, 0.2) is 0 Å². The Balaban J connectivity index is 2.05. The van der Waals surface area contributed by atoms with Crippen molar-refractivity contribution in [2.75, 3.05) is 0 Å². The molecule has 0 fully saturated rings. The second kappa shape index (κ2) is 4.92. The quantitative estimate of drug-likeness (QED) is 0.873. The van der Waals surface area contributed by atoms with E-state index in [9.17, 15) is 9.59 Å². The third-order valence-electron chi connectivity index (χ3n) is 3.75. The maximum Gasteiger partial charge on any atom is 0.342 e. The molecule has 0 aliphatic heterocycles. The summed E-state index contributed by atoms with van der Waals surface area (Å²) in [5, 5.41) is 8.86. The van der Waals surface area contributed by atoms with E-state index in [0.29, 0.717) is 5.82 Å². The van der Waals surface area contributed by atoms with Crippen LogP contribution in [0, 0.1) is 0 Å². The fraction of sp³-hybridized carbons (Fsp3) is 0.267. The Hall–Kier alpha value is -2.43. The first kappa shape index (κ1) is 12.6. The van der Waals surface area contributed by atoms with Crippen LogP contribution >= 0.6 is 0 Å². The Labute approximate surface area is 115 Å². The number of rotatable bonds is 2. The molecule has 102 valence electrons. The van der Waals surface area contributed by atoms with Gasteiger partial charge in [-0.2, -0.15) is 0 Å². The fourth-order valence-electron chi connectivity index (χ4n) is 2.78. The number of aromatic amines is 1. The van der Waals surface area contributed by atoms with Crippen LogP contribution < -0.4 is 5.56 Å². The molecule has 1 atom stereocenters. The van der Waals surface area contributed by atoms with Crippen LogP contribution in [-0.4, -0.2) is 21.0 Å². The number of aromatic carboxylic acids is 1. The zero-order chi connectivity index (χ0) is 14.1. The minimum atomic E-state index is -1.26. The van der Waals surface area contributed by atoms with Crippen molar-refractivity contribution in [1.29, 1.82) is 0 Å². The molecule has 1 aromatic heterocycles. The SMILES string of the molecule is O=C(O)c1cnc(C2CCCc3ccccc32)[nH]c1=O. The molecule has 2 aromatic rings. The summed E-state index contributed by atoms with van der Waals surface area (Å²) in [5.41, 5.74) is 1.53. The van der Waals surface area contributed by atoms with E-state index in [1.165, 1.54) is 11.1 Å². The number of carbonyl (C=O) groups is 1. The molecule has 20 heavy (non-hydrogen) atoms. The van der Waals surface area contributed by atoms with Gasteiger partial charge < -0.3 is 10.1 Å². The molecule has 0 radical (unpaired) electrons. The first-order valence-corrected chi connectivity index (χ1v) is 6.57. The maximum absolute atomic E-state index is 11.8. The molecular formula is C15H14N2O3. The number of hydrogen-bond acceptors (Lipinski definition) is 3. The molecule has 5 heteroatoms. The van der Waals surface area contributed by atoms with E-state index in [4.69, 9.17) is 5.11 Å². The second-order valence-electron chi connectivity index (χ2n) is 4.96. The van der Waals surface area contributed by atoms with Gasteiger partial charge in [0.25, 0.3) is 5.56 Å². The van der Waals surface area contributed by atoms with Gasteiger partial charge in [-0.1, -0.05) is 24.3 Å². The topological polar surface area (TPSA) is 83.0 Å². The molecule has 0 spiro atoms. The lowest BCUT2D eigenvalue weighted by Gasteiger charge is -2.24. The van der Waals surface area contributed by atoms with E-state index in [0.717, 1.165) is 25.5 Å². The Morgan fingerprint density at radius 2 is 2.15 bits per heavy atom. The van der Waals surface area contributed by atoms with Crippen LogP contribution in [-0.2, 0) is 6.42 Å². The van der Waals surface area contributed by atoms with Gasteiger partial charge >= 0.3 is 5.97 Å². The van der Waals surface area contributed by atoms with Gasteiger partial charge in [0.05, 0.1) is 0 Å². The largest absolute Gasteiger partial charge is 0.477 e. The van der Waals surface area contributed by atoms with E-state index >= 15 is 0 Å². The Kier molecular flexibility index (Phi) is 3.10. The van der Waals surface area contributed by atoms with E-state index in [2.05, 4.69) is 16.0 Å². The van der Waals surface area contributed by atoms with Crippen LogP contribution in [0.15, 0.2) is 35.3 Å². The molecule has 1 aliphatic rings. The lowest BCUT2D eigenvalue weighted by Crippen LogP contribution is -2.23. The van der Waals surface area contributed by atoms with E-state index in [-0.39, 0.29) is 11.5 Å². The van der Waals surface area contributed by atoms with Crippen LogP contribution in [0.25, 0.3) is 0 Å². The van der Waals surface area contributed by atoms with Crippen molar-refractivity contribution >= 4 is 5.97 Å². The van der Waals surface area contributed by atoms with Gasteiger partial charge in [-0.3, -0.25) is 4.79 Å². The summed E-state index contributed by atoms with van der Waals surface area (Å²) in [6.07, 6.45) is 4.12. The van der Waals surface area contributed by atoms with Crippen molar-refractivity contribution in [1.82, 2.24) is 9.97 Å². The summed E-state index contributed by atoms with van der Waals surface area (Å²) < 4.78 is 0. The Morgan fingerprint density at radius 1 is 1.35 bits per heavy atom. The van der Waals surface area contributed by atoms with E-state index in [1.807, 2.05) is 18.2 Å². The number of H-pyrrole nitrogens is 1. The van der Waals surface area contributed by atoms with Crippen LogP contribution in [0.4, 0.5) is 0 Å². The highest BCUT2D eigenvalue weighted by Crippen LogP contribution is 2.34. The predicted octanol–water partition coefficient (Wildman–Crippen LogP) is 1.94. The molecule has 0 saturated heterocycles. The van der Waals surface area contributed by atoms with Crippen LogP contribution in [0.5, 0.6) is 0 Å².